The summed E-state index contributed by atoms with van der Waals surface area (Å²) in [5.74, 6) is 1.15. The molecule has 3 N–H and O–H groups in total. The fraction of sp³-hybridized carbons (Fsp3) is 0.286. The molecular weight excluding hydrogens is 256 g/mol. The summed E-state index contributed by atoms with van der Waals surface area (Å²) in [6.07, 6.45) is 1.56. The molecule has 0 aliphatic rings. The van der Waals surface area contributed by atoms with E-state index in [-0.39, 0.29) is 11.6 Å². The first-order chi connectivity index (χ1) is 9.44. The van der Waals surface area contributed by atoms with Gasteiger partial charge in [0.05, 0.1) is 11.9 Å². The first-order valence-corrected chi connectivity index (χ1v) is 6.29. The Hall–Kier alpha value is -2.50. The number of amides is 2. The first-order valence-electron chi connectivity index (χ1n) is 6.29. The average molecular weight is 274 g/mol. The molecular formula is C14H18N4O2. The molecule has 20 heavy (non-hydrogen) atoms. The highest BCUT2D eigenvalue weighted by Gasteiger charge is 2.15. The molecule has 0 saturated heterocycles. The second-order valence-electron chi connectivity index (χ2n) is 5.26. The van der Waals surface area contributed by atoms with E-state index >= 15 is 0 Å². The molecule has 0 unspecified atom stereocenters. The SMILES string of the molecule is CC(C)(C)Oc1ccccc1NC(=O)Nc1ccn[nH]1. The van der Waals surface area contributed by atoms with Crippen LogP contribution in [0.2, 0.25) is 0 Å². The average Bonchev–Trinajstić information content (AvgIpc) is 2.82. The van der Waals surface area contributed by atoms with Gasteiger partial charge in [0.15, 0.2) is 0 Å². The fourth-order valence-corrected chi connectivity index (χ4v) is 1.59. The molecule has 0 aliphatic carbocycles. The number of rotatable bonds is 3. The van der Waals surface area contributed by atoms with Crippen LogP contribution in [0.5, 0.6) is 5.75 Å². The largest absolute Gasteiger partial charge is 0.486 e. The summed E-state index contributed by atoms with van der Waals surface area (Å²) in [4.78, 5) is 11.9. The summed E-state index contributed by atoms with van der Waals surface area (Å²) in [7, 11) is 0. The number of hydrogen-bond donors (Lipinski definition) is 3. The fourth-order valence-electron chi connectivity index (χ4n) is 1.59. The minimum absolute atomic E-state index is 0.336. The van der Waals surface area contributed by atoms with Gasteiger partial charge >= 0.3 is 6.03 Å². The van der Waals surface area contributed by atoms with Gasteiger partial charge in [-0.25, -0.2) is 4.79 Å². The van der Waals surface area contributed by atoms with E-state index in [9.17, 15) is 4.79 Å². The van der Waals surface area contributed by atoms with Gasteiger partial charge in [-0.3, -0.25) is 10.4 Å². The van der Waals surface area contributed by atoms with Crippen molar-refractivity contribution in [3.05, 3.63) is 36.5 Å². The van der Waals surface area contributed by atoms with Crippen LogP contribution < -0.4 is 15.4 Å². The van der Waals surface area contributed by atoms with Gasteiger partial charge in [0.1, 0.15) is 17.2 Å². The molecule has 1 aromatic heterocycles. The Kier molecular flexibility index (Phi) is 3.93. The second-order valence-corrected chi connectivity index (χ2v) is 5.26. The molecule has 0 atom stereocenters. The molecule has 2 rings (SSSR count). The molecule has 106 valence electrons. The Bertz CT molecular complexity index is 573. The van der Waals surface area contributed by atoms with Gasteiger partial charge in [-0.2, -0.15) is 5.10 Å². The van der Waals surface area contributed by atoms with Gasteiger partial charge < -0.3 is 10.1 Å². The van der Waals surface area contributed by atoms with E-state index in [2.05, 4.69) is 20.8 Å². The van der Waals surface area contributed by atoms with Crippen LogP contribution in [0.1, 0.15) is 20.8 Å². The van der Waals surface area contributed by atoms with Crippen molar-refractivity contribution in [1.29, 1.82) is 0 Å². The van der Waals surface area contributed by atoms with E-state index in [1.165, 1.54) is 0 Å². The maximum absolute atomic E-state index is 11.9. The number of aromatic nitrogens is 2. The number of nitrogens with one attached hydrogen (secondary N) is 3. The quantitative estimate of drug-likeness (QED) is 0.804. The van der Waals surface area contributed by atoms with Crippen molar-refractivity contribution in [2.24, 2.45) is 0 Å². The predicted octanol–water partition coefficient (Wildman–Crippen LogP) is 3.23. The normalized spacial score (nSPS) is 10.9. The first kappa shape index (κ1) is 13.9. The minimum atomic E-state index is -0.362. The Balaban J connectivity index is 2.07. The zero-order valence-corrected chi connectivity index (χ0v) is 11.7. The molecule has 0 radical (unpaired) electrons. The molecule has 2 amide bonds. The smallest absolute Gasteiger partial charge is 0.324 e. The van der Waals surface area contributed by atoms with Crippen LogP contribution in [-0.2, 0) is 0 Å². The van der Waals surface area contributed by atoms with Crippen molar-refractivity contribution < 1.29 is 9.53 Å². The molecule has 0 fully saturated rings. The zero-order valence-electron chi connectivity index (χ0n) is 11.7. The Morgan fingerprint density at radius 2 is 1.95 bits per heavy atom. The van der Waals surface area contributed by atoms with Crippen LogP contribution in [0.4, 0.5) is 16.3 Å². The van der Waals surface area contributed by atoms with Crippen molar-refractivity contribution in [3.63, 3.8) is 0 Å². The minimum Gasteiger partial charge on any atom is -0.486 e. The van der Waals surface area contributed by atoms with Crippen LogP contribution in [0.15, 0.2) is 36.5 Å². The van der Waals surface area contributed by atoms with E-state index in [1.807, 2.05) is 39.0 Å². The molecule has 1 heterocycles. The van der Waals surface area contributed by atoms with Crippen molar-refractivity contribution >= 4 is 17.5 Å². The number of carbonyl (C=O) groups excluding carboxylic acids is 1. The lowest BCUT2D eigenvalue weighted by Crippen LogP contribution is -2.25. The number of ether oxygens (including phenoxy) is 1. The van der Waals surface area contributed by atoms with Crippen molar-refractivity contribution in [2.45, 2.75) is 26.4 Å². The van der Waals surface area contributed by atoms with E-state index in [0.29, 0.717) is 17.3 Å². The van der Waals surface area contributed by atoms with Crippen LogP contribution in [0.3, 0.4) is 0 Å². The number of urea groups is 1. The Labute approximate surface area is 117 Å². The highest BCUT2D eigenvalue weighted by atomic mass is 16.5. The van der Waals surface area contributed by atoms with Crippen molar-refractivity contribution in [1.82, 2.24) is 10.2 Å². The van der Waals surface area contributed by atoms with E-state index in [4.69, 9.17) is 4.74 Å². The maximum Gasteiger partial charge on any atom is 0.324 e. The van der Waals surface area contributed by atoms with E-state index in [0.717, 1.165) is 0 Å². The van der Waals surface area contributed by atoms with E-state index in [1.54, 1.807) is 18.3 Å². The summed E-state index contributed by atoms with van der Waals surface area (Å²) in [5.41, 5.74) is 0.275. The van der Waals surface area contributed by atoms with E-state index < -0.39 is 0 Å². The summed E-state index contributed by atoms with van der Waals surface area (Å²) in [6.45, 7) is 5.86. The monoisotopic (exact) mass is 274 g/mol. The van der Waals surface area contributed by atoms with Crippen LogP contribution in [-0.4, -0.2) is 21.8 Å². The highest BCUT2D eigenvalue weighted by Crippen LogP contribution is 2.27. The zero-order chi connectivity index (χ0) is 14.6. The van der Waals surface area contributed by atoms with Crippen LogP contribution in [0, 0.1) is 0 Å². The van der Waals surface area contributed by atoms with Crippen molar-refractivity contribution in [2.75, 3.05) is 10.6 Å². The van der Waals surface area contributed by atoms with Gasteiger partial charge in [-0.1, -0.05) is 12.1 Å². The topological polar surface area (TPSA) is 79.0 Å². The highest BCUT2D eigenvalue weighted by molar-refractivity contribution is 6.00. The molecule has 0 bridgehead atoms. The van der Waals surface area contributed by atoms with Gasteiger partial charge in [0, 0.05) is 6.07 Å². The van der Waals surface area contributed by atoms with Crippen LogP contribution in [0.25, 0.3) is 0 Å². The summed E-state index contributed by atoms with van der Waals surface area (Å²) in [6, 6.07) is 8.60. The number of benzene rings is 1. The number of para-hydroxylation sites is 2. The number of H-pyrrole nitrogens is 1. The number of carbonyl (C=O) groups is 1. The van der Waals surface area contributed by atoms with Gasteiger partial charge in [-0.15, -0.1) is 0 Å². The Morgan fingerprint density at radius 3 is 2.60 bits per heavy atom. The Morgan fingerprint density at radius 1 is 1.20 bits per heavy atom. The molecule has 1 aromatic carbocycles. The number of nitrogens with zero attached hydrogens (tertiary/aromatic N) is 1. The third-order valence-corrected chi connectivity index (χ3v) is 2.30. The van der Waals surface area contributed by atoms with Gasteiger partial charge in [0.2, 0.25) is 0 Å². The summed E-state index contributed by atoms with van der Waals surface area (Å²) in [5, 5.41) is 11.8. The number of aromatic amines is 1. The lowest BCUT2D eigenvalue weighted by atomic mass is 10.2. The molecule has 2 aromatic rings. The molecule has 6 nitrogen and oxygen atoms in total. The molecule has 0 saturated carbocycles. The molecule has 0 aliphatic heterocycles. The maximum atomic E-state index is 11.9. The van der Waals surface area contributed by atoms with Crippen LogP contribution >= 0.6 is 0 Å². The van der Waals surface area contributed by atoms with Gasteiger partial charge in [0.25, 0.3) is 0 Å². The number of hydrogen-bond acceptors (Lipinski definition) is 3. The predicted molar refractivity (Wildman–Crippen MR) is 78.1 cm³/mol. The standard InChI is InChI=1S/C14H18N4O2/c1-14(2,3)20-11-7-5-4-6-10(11)16-13(19)17-12-8-9-15-18-12/h4-9H,1-3H3,(H3,15,16,17,18,19). The molecule has 6 heteroatoms. The lowest BCUT2D eigenvalue weighted by molar-refractivity contribution is 0.132. The van der Waals surface area contributed by atoms with Gasteiger partial charge in [-0.05, 0) is 32.9 Å². The lowest BCUT2D eigenvalue weighted by Gasteiger charge is -2.23. The third kappa shape index (κ3) is 4.01. The second kappa shape index (κ2) is 5.64. The summed E-state index contributed by atoms with van der Waals surface area (Å²) < 4.78 is 5.81. The summed E-state index contributed by atoms with van der Waals surface area (Å²) >= 11 is 0. The number of anilines is 2. The van der Waals surface area contributed by atoms with Crippen molar-refractivity contribution in [3.8, 4) is 5.75 Å². The third-order valence-electron chi connectivity index (χ3n) is 2.30. The molecule has 0 spiro atoms.